The van der Waals surface area contributed by atoms with Gasteiger partial charge in [-0.05, 0) is 54.8 Å². The van der Waals surface area contributed by atoms with Gasteiger partial charge in [-0.15, -0.1) is 0 Å². The Labute approximate surface area is 146 Å². The monoisotopic (exact) mass is 336 g/mol. The van der Waals surface area contributed by atoms with Crippen LogP contribution in [0.3, 0.4) is 0 Å². The van der Waals surface area contributed by atoms with Gasteiger partial charge in [0.2, 0.25) is 0 Å². The van der Waals surface area contributed by atoms with Crippen molar-refractivity contribution in [2.24, 2.45) is 0 Å². The Hall–Kier alpha value is -2.83. The van der Waals surface area contributed by atoms with Crippen LogP contribution in [0.4, 0.5) is 5.69 Å². The Morgan fingerprint density at radius 1 is 1.12 bits per heavy atom. The lowest BCUT2D eigenvalue weighted by molar-refractivity contribution is -0.112. The third-order valence-corrected chi connectivity index (χ3v) is 3.73. The maximum atomic E-state index is 12.2. The fraction of sp³-hybridized carbons (Fsp3) is 0.100. The number of rotatable bonds is 4. The molecule has 0 atom stereocenters. The zero-order valence-electron chi connectivity index (χ0n) is 13.5. The second kappa shape index (κ2) is 8.14. The van der Waals surface area contributed by atoms with Crippen molar-refractivity contribution in [2.75, 3.05) is 5.32 Å². The van der Waals surface area contributed by atoms with Gasteiger partial charge in [0.25, 0.3) is 5.91 Å². The van der Waals surface area contributed by atoms with Crippen LogP contribution in [0.1, 0.15) is 16.7 Å². The molecule has 2 rings (SSSR count). The first-order valence-electron chi connectivity index (χ1n) is 7.42. The molecule has 0 aromatic heterocycles. The van der Waals surface area contributed by atoms with Gasteiger partial charge in [0, 0.05) is 10.7 Å². The summed E-state index contributed by atoms with van der Waals surface area (Å²) in [6.45, 7) is 3.96. The minimum absolute atomic E-state index is 0.0505. The van der Waals surface area contributed by atoms with Crippen LogP contribution in [0.2, 0.25) is 0 Å². The molecule has 3 nitrogen and oxygen atoms in total. The molecule has 2 aromatic rings. The number of nitrogens with one attached hydrogen (secondary N) is 1. The second-order valence-electron chi connectivity index (χ2n) is 5.36. The van der Waals surface area contributed by atoms with E-state index < -0.39 is 5.91 Å². The summed E-state index contributed by atoms with van der Waals surface area (Å²) in [5, 5.41) is 12.3. The predicted molar refractivity (Wildman–Crippen MR) is 98.5 cm³/mol. The molecule has 1 N–H and O–H groups in total. The van der Waals surface area contributed by atoms with Crippen molar-refractivity contribution in [1.29, 1.82) is 5.26 Å². The van der Waals surface area contributed by atoms with Gasteiger partial charge in [-0.3, -0.25) is 4.79 Å². The lowest BCUT2D eigenvalue weighted by atomic mass is 10.1. The van der Waals surface area contributed by atoms with E-state index in [0.717, 1.165) is 16.7 Å². The predicted octanol–water partition coefficient (Wildman–Crippen LogP) is 4.97. The SMILES string of the molecule is Cc1ccc(NC(=O)/C(C#N)=C/C(Cl)=C/c2ccccc2)cc1C. The lowest BCUT2D eigenvalue weighted by Gasteiger charge is -2.07. The molecule has 4 heteroatoms. The average Bonchev–Trinajstić information content (AvgIpc) is 2.57. The van der Waals surface area contributed by atoms with E-state index in [-0.39, 0.29) is 5.57 Å². The van der Waals surface area contributed by atoms with Crippen LogP contribution in [-0.2, 0) is 4.79 Å². The van der Waals surface area contributed by atoms with Gasteiger partial charge in [0.1, 0.15) is 11.6 Å². The van der Waals surface area contributed by atoms with Crippen LogP contribution in [0, 0.1) is 25.2 Å². The Morgan fingerprint density at radius 3 is 2.46 bits per heavy atom. The Bertz CT molecular complexity index is 846. The number of amides is 1. The summed E-state index contributed by atoms with van der Waals surface area (Å²) in [6, 6.07) is 16.9. The number of hydrogen-bond acceptors (Lipinski definition) is 2. The summed E-state index contributed by atoms with van der Waals surface area (Å²) in [5.41, 5.74) is 3.69. The standard InChI is InChI=1S/C20H17ClN2O/c1-14-8-9-19(10-15(14)2)23-20(24)17(13-22)12-18(21)11-16-6-4-3-5-7-16/h3-12H,1-2H3,(H,23,24)/b17-12+,18-11-. The van der Waals surface area contributed by atoms with E-state index in [1.54, 1.807) is 12.1 Å². The van der Waals surface area contributed by atoms with Gasteiger partial charge in [0.15, 0.2) is 0 Å². The Kier molecular flexibility index (Phi) is 5.95. The molecule has 120 valence electrons. The van der Waals surface area contributed by atoms with Crippen LogP contribution in [0.5, 0.6) is 0 Å². The molecule has 1 amide bonds. The number of carbonyl (C=O) groups is 1. The molecule has 0 aliphatic carbocycles. The molecule has 0 aliphatic rings. The first kappa shape index (κ1) is 17.5. The normalized spacial score (nSPS) is 11.8. The van der Waals surface area contributed by atoms with E-state index in [1.807, 2.05) is 62.4 Å². The smallest absolute Gasteiger partial charge is 0.266 e. The fourth-order valence-corrected chi connectivity index (χ4v) is 2.29. The molecule has 0 unspecified atom stereocenters. The van der Waals surface area contributed by atoms with Crippen molar-refractivity contribution >= 4 is 29.3 Å². The van der Waals surface area contributed by atoms with E-state index in [0.29, 0.717) is 10.7 Å². The second-order valence-corrected chi connectivity index (χ2v) is 5.80. The third kappa shape index (κ3) is 4.84. The number of carbonyl (C=O) groups excluding carboxylic acids is 1. The molecule has 2 aromatic carbocycles. The summed E-state index contributed by atoms with van der Waals surface area (Å²) >= 11 is 6.14. The molecule has 0 fully saturated rings. The summed E-state index contributed by atoms with van der Waals surface area (Å²) in [6.07, 6.45) is 3.06. The topological polar surface area (TPSA) is 52.9 Å². The average molecular weight is 337 g/mol. The molecule has 0 spiro atoms. The van der Waals surface area contributed by atoms with Crippen LogP contribution in [0.15, 0.2) is 65.2 Å². The molecule has 0 bridgehead atoms. The van der Waals surface area contributed by atoms with Gasteiger partial charge in [-0.1, -0.05) is 48.0 Å². The van der Waals surface area contributed by atoms with Gasteiger partial charge in [-0.2, -0.15) is 5.26 Å². The number of nitriles is 1. The number of nitrogens with zero attached hydrogens (tertiary/aromatic N) is 1. The highest BCUT2D eigenvalue weighted by molar-refractivity contribution is 6.33. The molecule has 0 heterocycles. The lowest BCUT2D eigenvalue weighted by Crippen LogP contribution is -2.13. The van der Waals surface area contributed by atoms with Crippen molar-refractivity contribution in [3.05, 3.63) is 81.9 Å². The molecule has 0 saturated carbocycles. The number of benzene rings is 2. The highest BCUT2D eigenvalue weighted by Gasteiger charge is 2.10. The van der Waals surface area contributed by atoms with Crippen LogP contribution in [0.25, 0.3) is 6.08 Å². The van der Waals surface area contributed by atoms with Crippen molar-refractivity contribution in [1.82, 2.24) is 0 Å². The third-order valence-electron chi connectivity index (χ3n) is 3.52. The fourth-order valence-electron chi connectivity index (χ4n) is 2.05. The zero-order chi connectivity index (χ0) is 17.5. The van der Waals surface area contributed by atoms with Gasteiger partial charge >= 0.3 is 0 Å². The summed E-state index contributed by atoms with van der Waals surface area (Å²) in [7, 11) is 0. The number of anilines is 1. The molecule has 0 aliphatic heterocycles. The maximum absolute atomic E-state index is 12.2. The Balaban J connectivity index is 2.17. The highest BCUT2D eigenvalue weighted by atomic mass is 35.5. The summed E-state index contributed by atoms with van der Waals surface area (Å²) < 4.78 is 0. The highest BCUT2D eigenvalue weighted by Crippen LogP contribution is 2.17. The van der Waals surface area contributed by atoms with Gasteiger partial charge in [-0.25, -0.2) is 0 Å². The minimum atomic E-state index is -0.486. The van der Waals surface area contributed by atoms with E-state index in [9.17, 15) is 10.1 Å². The quantitative estimate of drug-likeness (QED) is 0.486. The Morgan fingerprint density at radius 2 is 1.83 bits per heavy atom. The largest absolute Gasteiger partial charge is 0.321 e. The summed E-state index contributed by atoms with van der Waals surface area (Å²) in [4.78, 5) is 12.2. The number of aryl methyl sites for hydroxylation is 2. The first-order valence-corrected chi connectivity index (χ1v) is 7.80. The zero-order valence-corrected chi connectivity index (χ0v) is 14.3. The van der Waals surface area contributed by atoms with Crippen molar-refractivity contribution in [2.45, 2.75) is 13.8 Å². The van der Waals surface area contributed by atoms with Crippen molar-refractivity contribution in [3.63, 3.8) is 0 Å². The van der Waals surface area contributed by atoms with Crippen LogP contribution >= 0.6 is 11.6 Å². The molecular weight excluding hydrogens is 320 g/mol. The van der Waals surface area contributed by atoms with E-state index in [4.69, 9.17) is 11.6 Å². The van der Waals surface area contributed by atoms with Crippen LogP contribution < -0.4 is 5.32 Å². The molecular formula is C20H17ClN2O. The number of hydrogen-bond donors (Lipinski definition) is 1. The number of allylic oxidation sites excluding steroid dienone is 2. The van der Waals surface area contributed by atoms with E-state index >= 15 is 0 Å². The first-order chi connectivity index (χ1) is 11.5. The van der Waals surface area contributed by atoms with E-state index in [1.165, 1.54) is 6.08 Å². The van der Waals surface area contributed by atoms with Crippen molar-refractivity contribution < 1.29 is 4.79 Å². The maximum Gasteiger partial charge on any atom is 0.266 e. The molecule has 0 radical (unpaired) electrons. The van der Waals surface area contributed by atoms with E-state index in [2.05, 4.69) is 5.32 Å². The minimum Gasteiger partial charge on any atom is -0.321 e. The van der Waals surface area contributed by atoms with Gasteiger partial charge in [0.05, 0.1) is 0 Å². The molecule has 0 saturated heterocycles. The summed E-state index contributed by atoms with van der Waals surface area (Å²) in [5.74, 6) is -0.486. The van der Waals surface area contributed by atoms with Gasteiger partial charge < -0.3 is 5.32 Å². The van der Waals surface area contributed by atoms with Crippen LogP contribution in [-0.4, -0.2) is 5.91 Å². The number of halogens is 1. The van der Waals surface area contributed by atoms with Crippen molar-refractivity contribution in [3.8, 4) is 6.07 Å². The molecule has 24 heavy (non-hydrogen) atoms.